The Hall–Kier alpha value is -1.59. The number of hydrogen-bond donors (Lipinski definition) is 0. The molecule has 0 aromatic carbocycles. The minimum atomic E-state index is -0.751. The van der Waals surface area contributed by atoms with E-state index >= 15 is 0 Å². The Morgan fingerprint density at radius 1 is 0.545 bits per heavy atom. The monoisotopic (exact) mass is 470 g/mol. The summed E-state index contributed by atoms with van der Waals surface area (Å²) in [4.78, 5) is 35.0. The van der Waals surface area contributed by atoms with Crippen LogP contribution in [0.1, 0.15) is 136 Å². The predicted molar refractivity (Wildman–Crippen MR) is 132 cm³/mol. The van der Waals surface area contributed by atoms with Gasteiger partial charge < -0.3 is 14.2 Å². The van der Waals surface area contributed by atoms with Gasteiger partial charge in [-0.15, -0.1) is 0 Å². The molecule has 0 heterocycles. The fourth-order valence-corrected chi connectivity index (χ4v) is 3.64. The Labute approximate surface area is 202 Å². The second-order valence-electron chi connectivity index (χ2n) is 9.05. The number of carbonyl (C=O) groups is 3. The topological polar surface area (TPSA) is 78.9 Å². The molecule has 0 aliphatic rings. The molecule has 194 valence electrons. The van der Waals surface area contributed by atoms with Crippen LogP contribution in [0.15, 0.2) is 0 Å². The Kier molecular flexibility index (Phi) is 22.4. The molecule has 0 saturated carbocycles. The molecule has 0 rings (SSSR count). The van der Waals surface area contributed by atoms with E-state index in [0.29, 0.717) is 12.8 Å². The highest BCUT2D eigenvalue weighted by atomic mass is 16.6. The van der Waals surface area contributed by atoms with E-state index in [4.69, 9.17) is 14.2 Å². The fourth-order valence-electron chi connectivity index (χ4n) is 3.64. The van der Waals surface area contributed by atoms with Crippen LogP contribution in [0, 0.1) is 0 Å². The Balaban J connectivity index is 3.79. The van der Waals surface area contributed by atoms with Crippen LogP contribution < -0.4 is 0 Å². The van der Waals surface area contributed by atoms with E-state index in [1.807, 2.05) is 0 Å². The summed E-state index contributed by atoms with van der Waals surface area (Å²) in [5.74, 6) is -1.11. The molecular formula is C27H50O6. The van der Waals surface area contributed by atoms with Crippen LogP contribution in [0.5, 0.6) is 0 Å². The van der Waals surface area contributed by atoms with Gasteiger partial charge in [-0.25, -0.2) is 0 Å². The lowest BCUT2D eigenvalue weighted by molar-refractivity contribution is -0.166. The van der Waals surface area contributed by atoms with Crippen LogP contribution >= 0.6 is 0 Å². The van der Waals surface area contributed by atoms with Crippen LogP contribution in [0.2, 0.25) is 0 Å². The minimum Gasteiger partial charge on any atom is -0.462 e. The molecule has 0 aromatic rings. The van der Waals surface area contributed by atoms with E-state index in [0.717, 1.165) is 38.5 Å². The Morgan fingerprint density at radius 2 is 0.939 bits per heavy atom. The number of hydrogen-bond acceptors (Lipinski definition) is 6. The Morgan fingerprint density at radius 3 is 1.45 bits per heavy atom. The largest absolute Gasteiger partial charge is 0.462 e. The van der Waals surface area contributed by atoms with Gasteiger partial charge in [-0.2, -0.15) is 0 Å². The molecule has 0 bridgehead atoms. The average Bonchev–Trinajstić information content (AvgIpc) is 2.78. The number of ether oxygens (including phenoxy) is 3. The number of esters is 3. The summed E-state index contributed by atoms with van der Waals surface area (Å²) in [7, 11) is 0. The maximum Gasteiger partial charge on any atom is 0.306 e. The van der Waals surface area contributed by atoms with Gasteiger partial charge >= 0.3 is 17.9 Å². The SMILES string of the molecule is CCCCCCCCCCCCCCCC(=O)OC[C@@H](COC(C)=O)OC(=O)CCCCC. The van der Waals surface area contributed by atoms with E-state index in [1.165, 1.54) is 71.1 Å². The van der Waals surface area contributed by atoms with Gasteiger partial charge in [0, 0.05) is 19.8 Å². The van der Waals surface area contributed by atoms with Crippen molar-refractivity contribution >= 4 is 17.9 Å². The van der Waals surface area contributed by atoms with E-state index in [9.17, 15) is 14.4 Å². The van der Waals surface area contributed by atoms with Gasteiger partial charge in [0.2, 0.25) is 0 Å². The summed E-state index contributed by atoms with van der Waals surface area (Å²) < 4.78 is 15.5. The quantitative estimate of drug-likeness (QED) is 0.0903. The van der Waals surface area contributed by atoms with Crippen molar-refractivity contribution in [3.05, 3.63) is 0 Å². The first-order valence-electron chi connectivity index (χ1n) is 13.5. The molecule has 0 unspecified atom stereocenters. The second kappa shape index (κ2) is 23.6. The lowest BCUT2D eigenvalue weighted by Gasteiger charge is -2.17. The zero-order valence-electron chi connectivity index (χ0n) is 21.7. The molecule has 0 aromatic heterocycles. The van der Waals surface area contributed by atoms with Crippen molar-refractivity contribution < 1.29 is 28.6 Å². The van der Waals surface area contributed by atoms with Gasteiger partial charge in [0.1, 0.15) is 13.2 Å². The average molecular weight is 471 g/mol. The predicted octanol–water partition coefficient (Wildman–Crippen LogP) is 7.07. The third-order valence-electron chi connectivity index (χ3n) is 5.67. The second-order valence-corrected chi connectivity index (χ2v) is 9.05. The highest BCUT2D eigenvalue weighted by molar-refractivity contribution is 5.70. The van der Waals surface area contributed by atoms with Crippen molar-refractivity contribution in [2.24, 2.45) is 0 Å². The van der Waals surface area contributed by atoms with Gasteiger partial charge in [-0.05, 0) is 12.8 Å². The third kappa shape index (κ3) is 23.4. The molecule has 0 amide bonds. The molecule has 0 N–H and O–H groups in total. The molecule has 0 aliphatic heterocycles. The smallest absolute Gasteiger partial charge is 0.306 e. The Bertz CT molecular complexity index is 491. The van der Waals surface area contributed by atoms with Crippen molar-refractivity contribution in [3.63, 3.8) is 0 Å². The maximum absolute atomic E-state index is 12.0. The van der Waals surface area contributed by atoms with E-state index in [2.05, 4.69) is 13.8 Å². The molecule has 0 radical (unpaired) electrons. The molecule has 1 atom stereocenters. The lowest BCUT2D eigenvalue weighted by Crippen LogP contribution is -2.30. The van der Waals surface area contributed by atoms with Crippen LogP contribution in [-0.2, 0) is 28.6 Å². The first kappa shape index (κ1) is 31.4. The molecule has 33 heavy (non-hydrogen) atoms. The number of unbranched alkanes of at least 4 members (excludes halogenated alkanes) is 14. The van der Waals surface area contributed by atoms with E-state index in [-0.39, 0.29) is 25.2 Å². The van der Waals surface area contributed by atoms with Crippen LogP contribution in [0.4, 0.5) is 0 Å². The number of carbonyl (C=O) groups excluding carboxylic acids is 3. The fraction of sp³-hybridized carbons (Fsp3) is 0.889. The number of rotatable bonds is 23. The van der Waals surface area contributed by atoms with Crippen molar-refractivity contribution in [2.75, 3.05) is 13.2 Å². The highest BCUT2D eigenvalue weighted by Crippen LogP contribution is 2.13. The molecule has 0 saturated heterocycles. The van der Waals surface area contributed by atoms with Crippen LogP contribution in [0.3, 0.4) is 0 Å². The summed E-state index contributed by atoms with van der Waals surface area (Å²) in [5.41, 5.74) is 0. The van der Waals surface area contributed by atoms with Gasteiger partial charge in [0.25, 0.3) is 0 Å². The standard InChI is InChI=1S/C27H50O6/c1-4-6-8-9-10-11-12-13-14-15-16-17-19-20-26(29)32-23-25(22-31-24(3)28)33-27(30)21-18-7-5-2/h25H,4-23H2,1-3H3/t25-/m1/s1. The molecule has 0 aliphatic carbocycles. The summed E-state index contributed by atoms with van der Waals surface area (Å²) in [6, 6.07) is 0. The van der Waals surface area contributed by atoms with Crippen LogP contribution in [0.25, 0.3) is 0 Å². The zero-order valence-corrected chi connectivity index (χ0v) is 21.7. The summed E-state index contributed by atoms with van der Waals surface area (Å²) >= 11 is 0. The molecule has 6 nitrogen and oxygen atoms in total. The van der Waals surface area contributed by atoms with Gasteiger partial charge in [0.15, 0.2) is 6.10 Å². The first-order valence-corrected chi connectivity index (χ1v) is 13.5. The van der Waals surface area contributed by atoms with Gasteiger partial charge in [0.05, 0.1) is 0 Å². The summed E-state index contributed by atoms with van der Waals surface area (Å²) in [5, 5.41) is 0. The van der Waals surface area contributed by atoms with Crippen molar-refractivity contribution in [2.45, 2.75) is 142 Å². The maximum atomic E-state index is 12.0. The third-order valence-corrected chi connectivity index (χ3v) is 5.67. The molecule has 0 fully saturated rings. The molecule has 0 spiro atoms. The molecule has 6 heteroatoms. The minimum absolute atomic E-state index is 0.0793. The van der Waals surface area contributed by atoms with E-state index in [1.54, 1.807) is 0 Å². The summed E-state index contributed by atoms with van der Waals surface area (Å²) in [6.07, 6.45) is 19.0. The van der Waals surface area contributed by atoms with Gasteiger partial charge in [-0.3, -0.25) is 14.4 Å². The summed E-state index contributed by atoms with van der Waals surface area (Å²) in [6.45, 7) is 5.43. The first-order chi connectivity index (χ1) is 16.0. The normalized spacial score (nSPS) is 11.7. The van der Waals surface area contributed by atoms with Crippen molar-refractivity contribution in [1.82, 2.24) is 0 Å². The van der Waals surface area contributed by atoms with Crippen LogP contribution in [-0.4, -0.2) is 37.2 Å². The molecular weight excluding hydrogens is 420 g/mol. The van der Waals surface area contributed by atoms with Gasteiger partial charge in [-0.1, -0.05) is 104 Å². The van der Waals surface area contributed by atoms with Crippen molar-refractivity contribution in [1.29, 1.82) is 0 Å². The highest BCUT2D eigenvalue weighted by Gasteiger charge is 2.18. The van der Waals surface area contributed by atoms with Crippen molar-refractivity contribution in [3.8, 4) is 0 Å². The lowest BCUT2D eigenvalue weighted by atomic mass is 10.0. The van der Waals surface area contributed by atoms with E-state index < -0.39 is 12.1 Å². The zero-order chi connectivity index (χ0) is 24.6.